The number of benzene rings is 1. The Hall–Kier alpha value is -3.32. The van der Waals surface area contributed by atoms with E-state index in [0.717, 1.165) is 32.6 Å². The van der Waals surface area contributed by atoms with Crippen molar-refractivity contribution >= 4 is 32.8 Å². The fourth-order valence-corrected chi connectivity index (χ4v) is 3.71. The Balaban J connectivity index is 0.00000225. The number of carbonyl (C=O) groups excluding carboxylic acids is 1. The van der Waals surface area contributed by atoms with E-state index >= 15 is 0 Å². The van der Waals surface area contributed by atoms with E-state index in [9.17, 15) is 4.79 Å². The highest BCUT2D eigenvalue weighted by Crippen LogP contribution is 2.37. The lowest BCUT2D eigenvalue weighted by molar-refractivity contribution is 0.168. The maximum Gasteiger partial charge on any atom is 0.413 e. The monoisotopic (exact) mass is 392 g/mol. The summed E-state index contributed by atoms with van der Waals surface area (Å²) in [6.45, 7) is 2.07. The summed E-state index contributed by atoms with van der Waals surface area (Å²) in [7, 11) is 0. The van der Waals surface area contributed by atoms with Crippen molar-refractivity contribution in [1.29, 1.82) is 0 Å². The highest BCUT2D eigenvalue weighted by molar-refractivity contribution is 7.22. The Morgan fingerprint density at radius 1 is 1.14 bits per heavy atom. The first-order chi connectivity index (χ1) is 13.2. The average molecular weight is 392 g/mol. The molecule has 7 heteroatoms. The number of aromatic nitrogens is 3. The van der Waals surface area contributed by atoms with Gasteiger partial charge < -0.3 is 4.74 Å². The predicted molar refractivity (Wildman–Crippen MR) is 113 cm³/mol. The maximum absolute atomic E-state index is 11.7. The van der Waals surface area contributed by atoms with Crippen LogP contribution in [0.2, 0.25) is 0 Å². The normalized spacial score (nSPS) is 10.3. The van der Waals surface area contributed by atoms with Crippen molar-refractivity contribution in [3.63, 3.8) is 0 Å². The van der Waals surface area contributed by atoms with Crippen LogP contribution < -0.4 is 5.32 Å². The van der Waals surface area contributed by atoms with Crippen molar-refractivity contribution in [3.8, 4) is 22.4 Å². The van der Waals surface area contributed by atoms with E-state index in [2.05, 4.69) is 26.3 Å². The van der Waals surface area contributed by atoms with Gasteiger partial charge in [0.2, 0.25) is 0 Å². The fourth-order valence-electron chi connectivity index (χ4n) is 2.75. The molecule has 0 spiro atoms. The molecule has 0 aliphatic carbocycles. The molecule has 0 radical (unpaired) electrons. The largest absolute Gasteiger partial charge is 0.450 e. The lowest BCUT2D eigenvalue weighted by atomic mass is 10.0. The van der Waals surface area contributed by atoms with Gasteiger partial charge in [-0.05, 0) is 42.8 Å². The fraction of sp³-hybridized carbons (Fsp3) is 0.143. The zero-order valence-electron chi connectivity index (χ0n) is 14.5. The topological polar surface area (TPSA) is 77.0 Å². The van der Waals surface area contributed by atoms with Crippen LogP contribution in [0.5, 0.6) is 0 Å². The van der Waals surface area contributed by atoms with Crippen LogP contribution in [0, 0.1) is 0 Å². The minimum atomic E-state index is -0.511. The summed E-state index contributed by atoms with van der Waals surface area (Å²) in [5.74, 6) is 0. The number of carbonyl (C=O) groups is 1. The Labute approximate surface area is 167 Å². The number of anilines is 1. The Morgan fingerprint density at radius 3 is 2.75 bits per heavy atom. The molecule has 0 atom stereocenters. The minimum absolute atomic E-state index is 0. The second-order valence-corrected chi connectivity index (χ2v) is 6.69. The van der Waals surface area contributed by atoms with Crippen LogP contribution in [0.25, 0.3) is 32.6 Å². The van der Waals surface area contributed by atoms with Gasteiger partial charge in [0.05, 0.1) is 22.5 Å². The predicted octanol–water partition coefficient (Wildman–Crippen LogP) is 5.62. The van der Waals surface area contributed by atoms with E-state index in [1.807, 2.05) is 42.6 Å². The van der Waals surface area contributed by atoms with Gasteiger partial charge in [-0.25, -0.2) is 9.78 Å². The molecule has 142 valence electrons. The Bertz CT molecular complexity index is 1080. The number of nitrogens with zero attached hydrogens (tertiary/aromatic N) is 3. The number of rotatable bonds is 4. The molecule has 6 nitrogen and oxygen atoms in total. The summed E-state index contributed by atoms with van der Waals surface area (Å²) < 4.78 is 5.90. The van der Waals surface area contributed by atoms with Crippen molar-refractivity contribution in [2.24, 2.45) is 0 Å². The SMILES string of the molecule is C.CCOC(=O)Nc1nc2cc(-c3cccnc3)cc(-c3ccccn3)c2s1. The molecule has 28 heavy (non-hydrogen) atoms. The second-order valence-electron chi connectivity index (χ2n) is 5.69. The molecule has 4 rings (SSSR count). The van der Waals surface area contributed by atoms with Gasteiger partial charge in [-0.2, -0.15) is 0 Å². The summed E-state index contributed by atoms with van der Waals surface area (Å²) in [5, 5.41) is 3.17. The molecule has 0 saturated carbocycles. The Morgan fingerprint density at radius 2 is 2.04 bits per heavy atom. The number of fused-ring (bicyclic) bond motifs is 1. The van der Waals surface area contributed by atoms with Crippen LogP contribution in [0.1, 0.15) is 14.4 Å². The molecule has 3 heterocycles. The molecule has 0 bridgehead atoms. The van der Waals surface area contributed by atoms with Gasteiger partial charge in [-0.1, -0.05) is 30.9 Å². The van der Waals surface area contributed by atoms with Crippen LogP contribution in [0.4, 0.5) is 9.93 Å². The quantitative estimate of drug-likeness (QED) is 0.487. The molecular formula is C21H20N4O2S. The summed E-state index contributed by atoms with van der Waals surface area (Å²) in [6.07, 6.45) is 4.80. The van der Waals surface area contributed by atoms with Crippen LogP contribution >= 0.6 is 11.3 Å². The van der Waals surface area contributed by atoms with E-state index < -0.39 is 6.09 Å². The smallest absolute Gasteiger partial charge is 0.413 e. The number of hydrogen-bond donors (Lipinski definition) is 1. The highest BCUT2D eigenvalue weighted by Gasteiger charge is 2.15. The van der Waals surface area contributed by atoms with Crippen molar-refractivity contribution < 1.29 is 9.53 Å². The number of hydrogen-bond acceptors (Lipinski definition) is 6. The number of thiazole rings is 1. The van der Waals surface area contributed by atoms with Crippen molar-refractivity contribution in [2.75, 3.05) is 11.9 Å². The van der Waals surface area contributed by atoms with Gasteiger partial charge in [0.1, 0.15) is 0 Å². The number of nitrogens with one attached hydrogen (secondary N) is 1. The van der Waals surface area contributed by atoms with E-state index in [0.29, 0.717) is 11.7 Å². The van der Waals surface area contributed by atoms with Crippen molar-refractivity contribution in [1.82, 2.24) is 15.0 Å². The average Bonchev–Trinajstić information content (AvgIpc) is 3.11. The van der Waals surface area contributed by atoms with E-state index in [-0.39, 0.29) is 7.43 Å². The molecule has 0 aliphatic heterocycles. The number of amides is 1. The second kappa shape index (κ2) is 8.58. The first-order valence-electron chi connectivity index (χ1n) is 8.45. The zero-order valence-corrected chi connectivity index (χ0v) is 15.4. The van der Waals surface area contributed by atoms with Gasteiger partial charge in [0, 0.05) is 29.7 Å². The standard InChI is InChI=1S/C20H16N4O2S.CH4/c1-2-26-20(25)24-19-23-17-11-14(13-6-5-8-21-12-13)10-15(18(17)27-19)16-7-3-4-9-22-16;/h3-12H,2H2,1H3,(H,23,24,25);1H4. The summed E-state index contributed by atoms with van der Waals surface area (Å²) in [6, 6.07) is 13.8. The van der Waals surface area contributed by atoms with Crippen LogP contribution in [-0.4, -0.2) is 27.7 Å². The molecule has 0 fully saturated rings. The third-order valence-corrected chi connectivity index (χ3v) is 4.93. The summed E-state index contributed by atoms with van der Waals surface area (Å²) >= 11 is 1.40. The molecule has 0 saturated heterocycles. The maximum atomic E-state index is 11.7. The third kappa shape index (κ3) is 3.99. The van der Waals surface area contributed by atoms with Crippen molar-refractivity contribution in [3.05, 3.63) is 61.1 Å². The van der Waals surface area contributed by atoms with Gasteiger partial charge in [0.25, 0.3) is 0 Å². The molecule has 0 unspecified atom stereocenters. The lowest BCUT2D eigenvalue weighted by Crippen LogP contribution is -2.12. The molecule has 1 N–H and O–H groups in total. The minimum Gasteiger partial charge on any atom is -0.450 e. The zero-order chi connectivity index (χ0) is 18.6. The molecule has 4 aromatic rings. The van der Waals surface area contributed by atoms with E-state index in [1.54, 1.807) is 19.3 Å². The van der Waals surface area contributed by atoms with Gasteiger partial charge in [0.15, 0.2) is 5.13 Å². The highest BCUT2D eigenvalue weighted by atomic mass is 32.1. The molecular weight excluding hydrogens is 372 g/mol. The van der Waals surface area contributed by atoms with E-state index in [4.69, 9.17) is 4.74 Å². The third-order valence-electron chi connectivity index (χ3n) is 3.91. The summed E-state index contributed by atoms with van der Waals surface area (Å²) in [4.78, 5) is 25.0. The number of ether oxygens (including phenoxy) is 1. The Kier molecular flexibility index (Phi) is 5.96. The molecule has 3 aromatic heterocycles. The summed E-state index contributed by atoms with van der Waals surface area (Å²) in [5.41, 5.74) is 4.57. The van der Waals surface area contributed by atoms with Crippen LogP contribution in [0.3, 0.4) is 0 Å². The first-order valence-corrected chi connectivity index (χ1v) is 9.26. The van der Waals surface area contributed by atoms with Crippen molar-refractivity contribution in [2.45, 2.75) is 14.4 Å². The lowest BCUT2D eigenvalue weighted by Gasteiger charge is -2.06. The van der Waals surface area contributed by atoms with Gasteiger partial charge in [-0.15, -0.1) is 0 Å². The molecule has 1 amide bonds. The first kappa shape index (κ1) is 19.4. The van der Waals surface area contributed by atoms with E-state index in [1.165, 1.54) is 11.3 Å². The van der Waals surface area contributed by atoms with Gasteiger partial charge in [-0.3, -0.25) is 15.3 Å². The molecule has 1 aromatic carbocycles. The van der Waals surface area contributed by atoms with Gasteiger partial charge >= 0.3 is 6.09 Å². The number of pyridine rings is 2. The van der Waals surface area contributed by atoms with Crippen LogP contribution in [0.15, 0.2) is 61.1 Å². The molecule has 0 aliphatic rings. The van der Waals surface area contributed by atoms with Crippen LogP contribution in [-0.2, 0) is 4.74 Å².